The van der Waals surface area contributed by atoms with E-state index in [1.165, 1.54) is 12.1 Å². The average molecular weight is 498 g/mol. The molecule has 1 N–H and O–H groups in total. The molecule has 28 heavy (non-hydrogen) atoms. The van der Waals surface area contributed by atoms with Crippen molar-refractivity contribution in [2.24, 2.45) is 4.99 Å². The third kappa shape index (κ3) is 7.23. The van der Waals surface area contributed by atoms with Gasteiger partial charge in [0.25, 0.3) is 0 Å². The number of hydrogen-bond acceptors (Lipinski definition) is 2. The fraction of sp³-hybridized carbons (Fsp3) is 0.235. The molecule has 0 heterocycles. The number of aromatic hydroxyl groups is 1. The number of rotatable bonds is 3. The van der Waals surface area contributed by atoms with Crippen LogP contribution in [0.15, 0.2) is 52.4 Å². The molecule has 0 unspecified atom stereocenters. The van der Waals surface area contributed by atoms with Gasteiger partial charge in [0.1, 0.15) is 10.6 Å². The molecule has 0 bridgehead atoms. The van der Waals surface area contributed by atoms with Gasteiger partial charge in [0.2, 0.25) is 0 Å². The summed E-state index contributed by atoms with van der Waals surface area (Å²) in [6, 6.07) is 7.95. The van der Waals surface area contributed by atoms with Crippen LogP contribution in [0.2, 0.25) is 0 Å². The van der Waals surface area contributed by atoms with Gasteiger partial charge in [-0.1, -0.05) is 64.5 Å². The van der Waals surface area contributed by atoms with Crippen LogP contribution in [-0.4, -0.2) is 11.3 Å². The van der Waals surface area contributed by atoms with E-state index in [0.717, 1.165) is 18.3 Å². The molecule has 11 heteroatoms. The zero-order valence-corrected chi connectivity index (χ0v) is 19.0. The van der Waals surface area contributed by atoms with Crippen molar-refractivity contribution in [1.82, 2.24) is 0 Å². The fourth-order valence-corrected chi connectivity index (χ4v) is 3.15. The second kappa shape index (κ2) is 8.15. The Labute approximate surface area is 177 Å². The monoisotopic (exact) mass is 497 g/mol. The maximum absolute atomic E-state index is 13.1. The van der Waals surface area contributed by atoms with Gasteiger partial charge in [0, 0.05) is 11.8 Å². The molecule has 2 rings (SSSR count). The Bertz CT molecular complexity index is 871. The number of phenols is 1. The Morgan fingerprint density at radius 3 is 2.00 bits per heavy atom. The molecule has 0 amide bonds. The third-order valence-electron chi connectivity index (χ3n) is 3.50. The van der Waals surface area contributed by atoms with Gasteiger partial charge >= 0.3 is 45.9 Å². The van der Waals surface area contributed by atoms with Crippen LogP contribution < -0.4 is 0 Å². The van der Waals surface area contributed by atoms with Gasteiger partial charge in [0.15, 0.2) is 0 Å². The van der Waals surface area contributed by atoms with Gasteiger partial charge in [0.05, 0.1) is 5.69 Å². The quantitative estimate of drug-likeness (QED) is 0.257. The molecule has 156 valence electrons. The Hall–Kier alpha value is -0.796. The molecule has 0 saturated carbocycles. The molecule has 0 atom stereocenters. The van der Waals surface area contributed by atoms with Gasteiger partial charge in [-0.3, -0.25) is 4.99 Å². The van der Waals surface area contributed by atoms with Crippen molar-refractivity contribution in [2.45, 2.75) is 31.1 Å². The van der Waals surface area contributed by atoms with Crippen LogP contribution in [0.1, 0.15) is 31.9 Å². The second-order valence-corrected chi connectivity index (χ2v) is 11.7. The first kappa shape index (κ1) is 25.2. The first-order valence-electron chi connectivity index (χ1n) is 7.67. The molecule has 0 aliphatic heterocycles. The number of aliphatic imine (C=N–C) groups is 1. The molecule has 0 aliphatic carbocycles. The number of phenolic OH excluding ortho intramolecular Hbond substituents is 1. The van der Waals surface area contributed by atoms with E-state index in [1.54, 1.807) is 12.1 Å². The molecule has 0 radical (unpaired) electrons. The van der Waals surface area contributed by atoms with Crippen molar-refractivity contribution in [1.29, 1.82) is 0 Å². The van der Waals surface area contributed by atoms with Gasteiger partial charge < -0.3 is 5.11 Å². The summed E-state index contributed by atoms with van der Waals surface area (Å²) < 4.78 is 65.6. The normalized spacial score (nSPS) is 14.6. The Morgan fingerprint density at radius 1 is 0.964 bits per heavy atom. The molecule has 0 aromatic heterocycles. The first-order valence-corrected chi connectivity index (χ1v) is 13.9. The summed E-state index contributed by atoms with van der Waals surface area (Å²) in [5.74, 6) is -0.149. The zero-order valence-electron chi connectivity index (χ0n) is 15.1. The van der Waals surface area contributed by atoms with Crippen molar-refractivity contribution in [2.75, 3.05) is 0 Å². The van der Waals surface area contributed by atoms with Crippen molar-refractivity contribution in [3.63, 3.8) is 0 Å². The summed E-state index contributed by atoms with van der Waals surface area (Å²) >= 11 is -0.556. The predicted octanol–water partition coefficient (Wildman–Crippen LogP) is 8.47. The van der Waals surface area contributed by atoms with Crippen LogP contribution in [0.25, 0.3) is 0 Å². The van der Waals surface area contributed by atoms with Crippen molar-refractivity contribution >= 4 is 40.7 Å². The van der Waals surface area contributed by atoms with Crippen molar-refractivity contribution in [3.05, 3.63) is 53.6 Å². The average Bonchev–Trinajstić information content (AvgIpc) is 2.51. The zero-order chi connectivity index (χ0) is 21.9. The van der Waals surface area contributed by atoms with E-state index in [-0.39, 0.29) is 11.3 Å². The number of hydrogen-bond donors (Lipinski definition) is 1. The number of benzene rings is 2. The number of nitrogens with zero attached hydrogens (tertiary/aromatic N) is 1. The van der Waals surface area contributed by atoms with Gasteiger partial charge in [-0.25, -0.2) is 0 Å². The summed E-state index contributed by atoms with van der Waals surface area (Å²) in [4.78, 5) is 1.51. The van der Waals surface area contributed by atoms with Gasteiger partial charge in [-0.05, 0) is 29.2 Å². The van der Waals surface area contributed by atoms with Crippen LogP contribution in [0.5, 0.6) is 5.75 Å². The summed E-state index contributed by atoms with van der Waals surface area (Å²) in [6.07, 6.45) is 0.951. The molecule has 2 aromatic rings. The molecule has 2 aromatic carbocycles. The predicted molar refractivity (Wildman–Crippen MR) is 104 cm³/mol. The van der Waals surface area contributed by atoms with E-state index < -0.39 is 43.3 Å². The Morgan fingerprint density at radius 2 is 1.50 bits per heavy atom. The van der Waals surface area contributed by atoms with Crippen LogP contribution in [0, 0.1) is 0 Å². The van der Waals surface area contributed by atoms with Crippen LogP contribution >= 0.6 is 28.8 Å². The molecule has 2 nitrogen and oxygen atoms in total. The van der Waals surface area contributed by atoms with E-state index in [4.69, 9.17) is 18.6 Å². The summed E-state index contributed by atoms with van der Waals surface area (Å²) in [5, 5.41) is 10.3. The van der Waals surface area contributed by atoms with E-state index >= 15 is 0 Å². The third-order valence-corrected chi connectivity index (χ3v) is 4.68. The molecule has 0 aliphatic rings. The van der Waals surface area contributed by atoms with Gasteiger partial charge in [-0.2, -0.15) is 0 Å². The van der Waals surface area contributed by atoms with E-state index in [2.05, 4.69) is 4.99 Å². The number of halogens is 7. The fourth-order valence-electron chi connectivity index (χ4n) is 2.30. The van der Waals surface area contributed by atoms with Gasteiger partial charge in [-0.15, -0.1) is 0 Å². The molecule has 0 saturated heterocycles. The van der Waals surface area contributed by atoms with E-state index in [9.17, 15) is 24.5 Å². The van der Waals surface area contributed by atoms with E-state index in [1.807, 2.05) is 20.8 Å². The molecule has 0 fully saturated rings. The van der Waals surface area contributed by atoms with Crippen molar-refractivity contribution in [3.8, 4) is 5.75 Å². The minimum absolute atomic E-state index is 0.143. The summed E-state index contributed by atoms with van der Waals surface area (Å²) in [7, 11) is -0.0850. The van der Waals surface area contributed by atoms with Crippen LogP contribution in [0.4, 0.5) is 25.1 Å². The van der Waals surface area contributed by atoms with Crippen LogP contribution in [-0.2, 0) is 22.4 Å². The second-order valence-electron chi connectivity index (χ2n) is 6.76. The summed E-state index contributed by atoms with van der Waals surface area (Å²) in [5.41, 5.74) is -0.598. The Kier molecular flexibility index (Phi) is 7.34. The topological polar surface area (TPSA) is 32.6 Å². The maximum atomic E-state index is 13.1. The molecule has 0 spiro atoms. The minimum atomic E-state index is -9.86. The standard InChI is InChI=1S/C17H18F5NOS.2ClH.Ti/c1-17(2,3)13-8-6-7-12(16(13)24)11-23-14-9-4-5-10-15(14)25(18,19,20,21)22;;;/h4-11,24H,1-3H3;2*1H;/q;;;+2/p-2. The number of para-hydroxylation sites is 2. The molecular weight excluding hydrogens is 480 g/mol. The Balaban J connectivity index is 0.00000122. The molecular formula is C17H18Cl2F5NOSTi. The first-order chi connectivity index (χ1) is 12.5. The van der Waals surface area contributed by atoms with Crippen molar-refractivity contribution < 1.29 is 41.6 Å². The van der Waals surface area contributed by atoms with E-state index in [0.29, 0.717) is 11.6 Å². The SMILES string of the molecule is CC(C)(C)c1cccc(C=Nc2ccccc2S(F)(F)(F)(F)F)c1O.[Cl][Ti][Cl]. The van der Waals surface area contributed by atoms with Crippen LogP contribution in [0.3, 0.4) is 0 Å². The summed E-state index contributed by atoms with van der Waals surface area (Å²) in [6.45, 7) is 5.56.